The van der Waals surface area contributed by atoms with Crippen molar-refractivity contribution >= 4 is 19.7 Å². The fourth-order valence-electron chi connectivity index (χ4n) is 0.583. The molecule has 11 heavy (non-hydrogen) atoms. The van der Waals surface area contributed by atoms with Gasteiger partial charge in [0.2, 0.25) is 0 Å². The van der Waals surface area contributed by atoms with Crippen LogP contribution in [0.2, 0.25) is 0 Å². The lowest BCUT2D eigenvalue weighted by Gasteiger charge is -1.91. The number of nitrogens with zero attached hydrogens (tertiary/aromatic N) is 1. The number of halogens is 1. The van der Waals surface area contributed by atoms with Gasteiger partial charge in [-0.1, -0.05) is 18.2 Å². The highest BCUT2D eigenvalue weighted by Gasteiger charge is 2.06. The highest BCUT2D eigenvalue weighted by Crippen LogP contribution is 2.12. The van der Waals surface area contributed by atoms with Crippen LogP contribution < -0.4 is 6.15 Å². The predicted octanol–water partition coefficient (Wildman–Crippen LogP) is 1.13. The third-order valence-electron chi connectivity index (χ3n) is 1.02. The topological polar surface area (TPSA) is 64.6 Å². The van der Waals surface area contributed by atoms with Crippen molar-refractivity contribution in [3.63, 3.8) is 0 Å². The van der Waals surface area contributed by atoms with Crippen molar-refractivity contribution < 1.29 is 8.42 Å². The van der Waals surface area contributed by atoms with Crippen LogP contribution in [0.15, 0.2) is 35.2 Å². The van der Waals surface area contributed by atoms with Crippen molar-refractivity contribution in [3.8, 4) is 0 Å². The van der Waals surface area contributed by atoms with Gasteiger partial charge in [0, 0.05) is 16.8 Å². The zero-order valence-electron chi connectivity index (χ0n) is 5.44. The summed E-state index contributed by atoms with van der Waals surface area (Å²) >= 11 is 0. The molecule has 3 nitrogen and oxygen atoms in total. The summed E-state index contributed by atoms with van der Waals surface area (Å²) in [4.78, 5) is 0.136. The van der Waals surface area contributed by atoms with Crippen LogP contribution in [0.3, 0.4) is 0 Å². The van der Waals surface area contributed by atoms with Gasteiger partial charge in [-0.3, -0.25) is 0 Å². The maximum absolute atomic E-state index is 10.6. The third-order valence-corrected chi connectivity index (χ3v) is 2.39. The van der Waals surface area contributed by atoms with E-state index in [-0.39, 0.29) is 11.0 Å². The molecule has 0 aliphatic heterocycles. The predicted molar refractivity (Wildman–Crippen MR) is 41.6 cm³/mol. The van der Waals surface area contributed by atoms with Gasteiger partial charge in [0.15, 0.2) is 0 Å². The molecule has 1 aromatic rings. The molecule has 5 heteroatoms. The number of rotatable bonds is 1. The Balaban J connectivity index is 0.000001000. The summed E-state index contributed by atoms with van der Waals surface area (Å²) in [5.74, 6) is 0. The van der Waals surface area contributed by atoms with E-state index in [4.69, 9.17) is 10.7 Å². The van der Waals surface area contributed by atoms with Crippen molar-refractivity contribution in [3.05, 3.63) is 30.3 Å². The Morgan fingerprint density at radius 1 is 1.09 bits per heavy atom. The monoisotopic (exact) mass is 190 g/mol. The van der Waals surface area contributed by atoms with Crippen LogP contribution in [-0.4, -0.2) is 8.42 Å². The van der Waals surface area contributed by atoms with Crippen LogP contribution >= 0.6 is 10.7 Å². The normalized spacial score (nSPS) is 10.3. The first-order chi connectivity index (χ1) is 4.61. The van der Waals surface area contributed by atoms with Crippen molar-refractivity contribution in [2.24, 2.45) is 0 Å². The van der Waals surface area contributed by atoms with Gasteiger partial charge < -0.3 is 0 Å². The zero-order chi connectivity index (χ0) is 7.61. The van der Waals surface area contributed by atoms with E-state index < -0.39 is 9.05 Å². The number of benzene rings is 1. The average molecular weight is 191 g/mol. The average Bonchev–Trinajstić information content (AvgIpc) is 1.88. The highest BCUT2D eigenvalue weighted by molar-refractivity contribution is 8.13. The van der Waals surface area contributed by atoms with Gasteiger partial charge in [0.1, 0.15) is 0 Å². The highest BCUT2D eigenvalue weighted by atomic mass is 35.7. The summed E-state index contributed by atoms with van der Waals surface area (Å²) in [5, 5.41) is 0. The molecule has 0 heterocycles. The molecule has 0 saturated carbocycles. The van der Waals surface area contributed by atoms with Gasteiger partial charge in [0.25, 0.3) is 9.05 Å². The first kappa shape index (κ1) is 10.4. The molecule has 0 spiro atoms. The van der Waals surface area contributed by atoms with Gasteiger partial charge in [-0.05, 0) is 12.1 Å². The van der Waals surface area contributed by atoms with Crippen molar-refractivity contribution in [2.45, 2.75) is 4.90 Å². The first-order valence-corrected chi connectivity index (χ1v) is 4.91. The first-order valence-electron chi connectivity index (χ1n) is 2.60. The summed E-state index contributed by atoms with van der Waals surface area (Å²) in [5.41, 5.74) is 0. The Bertz CT molecular complexity index is 309. The van der Waals surface area contributed by atoms with Gasteiger partial charge in [-0.25, -0.2) is 8.42 Å². The Hall–Kier alpha value is -0.580. The molecular weight excluding hydrogens is 186 g/mol. The molecule has 1 rings (SSSR count). The van der Waals surface area contributed by atoms with Gasteiger partial charge >= 0.3 is 0 Å². The van der Waals surface area contributed by atoms with Crippen LogP contribution in [-0.2, 0) is 9.05 Å². The lowest BCUT2D eigenvalue weighted by Crippen LogP contribution is -1.87. The molecule has 0 fully saturated rings. The van der Waals surface area contributed by atoms with Crippen LogP contribution in [0.25, 0.3) is 0 Å². The Morgan fingerprint density at radius 3 is 1.82 bits per heavy atom. The molecule has 59 valence electrons. The van der Waals surface area contributed by atoms with E-state index in [1.54, 1.807) is 18.2 Å². The minimum absolute atomic E-state index is 0. The second kappa shape index (κ2) is 3.71. The molecule has 0 aliphatic carbocycles. The zero-order valence-corrected chi connectivity index (χ0v) is 7.01. The summed E-state index contributed by atoms with van der Waals surface area (Å²) in [6.07, 6.45) is 0. The fraction of sp³-hybridized carbons (Fsp3) is 0. The number of hydrogen-bond donors (Lipinski definition) is 0. The minimum Gasteiger partial charge on any atom is -0.207 e. The van der Waals surface area contributed by atoms with E-state index in [1.165, 1.54) is 12.1 Å². The maximum atomic E-state index is 10.6. The smallest absolute Gasteiger partial charge is 0.207 e. The molecule has 0 amide bonds. The third kappa shape index (κ3) is 2.88. The molecule has 1 aromatic carbocycles. The maximum Gasteiger partial charge on any atom is 0.261 e. The van der Waals surface area contributed by atoms with Crippen LogP contribution in [0.1, 0.15) is 0 Å². The van der Waals surface area contributed by atoms with Gasteiger partial charge in [0.05, 0.1) is 4.90 Å². The van der Waals surface area contributed by atoms with E-state index in [1.807, 2.05) is 0 Å². The molecule has 0 aromatic heterocycles. The Kier molecular flexibility index (Phi) is 3.51. The second-order valence-corrected chi connectivity index (χ2v) is 4.32. The van der Waals surface area contributed by atoms with Crippen molar-refractivity contribution in [1.29, 1.82) is 0 Å². The molecule has 0 atom stereocenters. The van der Waals surface area contributed by atoms with Gasteiger partial charge in [-0.2, -0.15) is 0 Å². The van der Waals surface area contributed by atoms with Crippen molar-refractivity contribution in [2.75, 3.05) is 0 Å². The molecule has 0 bridgehead atoms. The summed E-state index contributed by atoms with van der Waals surface area (Å²) < 4.78 is 21.2. The van der Waals surface area contributed by atoms with Crippen molar-refractivity contribution in [1.82, 2.24) is 6.15 Å². The molecular formula is C6H5ClNO2S. The van der Waals surface area contributed by atoms with E-state index >= 15 is 0 Å². The summed E-state index contributed by atoms with van der Waals surface area (Å²) in [7, 11) is 1.50. The van der Waals surface area contributed by atoms with E-state index in [0.29, 0.717) is 0 Å². The van der Waals surface area contributed by atoms with E-state index in [0.717, 1.165) is 0 Å². The van der Waals surface area contributed by atoms with Crippen LogP contribution in [0.4, 0.5) is 0 Å². The summed E-state index contributed by atoms with van der Waals surface area (Å²) in [6, 6.07) is 7.86. The van der Waals surface area contributed by atoms with Crippen LogP contribution in [0.5, 0.6) is 0 Å². The Morgan fingerprint density at radius 2 is 1.55 bits per heavy atom. The Labute approximate surface area is 70.0 Å². The molecule has 0 aliphatic rings. The number of hydrogen-bond acceptors (Lipinski definition) is 2. The molecule has 0 N–H and O–H groups in total. The molecule has 0 saturated heterocycles. The van der Waals surface area contributed by atoms with E-state index in [2.05, 4.69) is 0 Å². The SMILES string of the molecule is O=S(=O)(Cl)c1ccccc1.[N]. The second-order valence-electron chi connectivity index (χ2n) is 1.75. The summed E-state index contributed by atoms with van der Waals surface area (Å²) in [6.45, 7) is 0. The standard InChI is InChI=1S/C6H5ClO2S.N/c7-10(8,9)6-4-2-1-3-5-6;/h1-5H;. The minimum atomic E-state index is -3.53. The molecule has 3 radical (unpaired) electrons. The molecule has 0 unspecified atom stereocenters. The fourth-order valence-corrected chi connectivity index (χ4v) is 1.37. The lowest BCUT2D eigenvalue weighted by atomic mass is 10.4. The van der Waals surface area contributed by atoms with Crippen LogP contribution in [0, 0.1) is 0 Å². The van der Waals surface area contributed by atoms with E-state index in [9.17, 15) is 8.42 Å². The quantitative estimate of drug-likeness (QED) is 0.624. The largest absolute Gasteiger partial charge is 0.261 e. The lowest BCUT2D eigenvalue weighted by molar-refractivity contribution is 0.609. The van der Waals surface area contributed by atoms with Gasteiger partial charge in [-0.15, -0.1) is 0 Å².